The van der Waals surface area contributed by atoms with E-state index < -0.39 is 11.9 Å². The Kier molecular flexibility index (Phi) is 6.14. The minimum atomic E-state index is -0.603. The first-order valence-electron chi connectivity index (χ1n) is 9.64. The number of amides is 1. The first kappa shape index (κ1) is 21.1. The highest BCUT2D eigenvalue weighted by molar-refractivity contribution is 6.33. The SMILES string of the molecule is O=C(N/N=C\c1c(OC(=O)c2ccccc2Cl)ccc2ccccc12)c1ccc(O)cc1. The molecule has 0 spiro atoms. The number of benzene rings is 4. The van der Waals surface area contributed by atoms with Crippen LogP contribution in [-0.4, -0.2) is 23.2 Å². The monoisotopic (exact) mass is 444 g/mol. The molecule has 4 aromatic carbocycles. The normalized spacial score (nSPS) is 10.9. The van der Waals surface area contributed by atoms with E-state index in [0.29, 0.717) is 11.1 Å². The number of hydrazone groups is 1. The molecule has 0 heterocycles. The standard InChI is InChI=1S/C25H17ClN2O4/c26-22-8-4-3-7-20(22)25(31)32-23-14-11-16-5-1-2-6-19(16)21(23)15-27-28-24(30)17-9-12-18(29)13-10-17/h1-15,29H,(H,28,30)/b27-15-. The summed E-state index contributed by atoms with van der Waals surface area (Å²) in [6.45, 7) is 0. The Balaban J connectivity index is 1.63. The maximum atomic E-state index is 12.7. The van der Waals surface area contributed by atoms with E-state index in [1.54, 1.807) is 30.3 Å². The van der Waals surface area contributed by atoms with Crippen LogP contribution < -0.4 is 10.2 Å². The fourth-order valence-corrected chi connectivity index (χ4v) is 3.33. The molecule has 0 aliphatic rings. The number of carbonyl (C=O) groups excluding carboxylic acids is 2. The van der Waals surface area contributed by atoms with E-state index in [1.165, 1.54) is 30.5 Å². The van der Waals surface area contributed by atoms with Crippen LogP contribution in [0.3, 0.4) is 0 Å². The van der Waals surface area contributed by atoms with Gasteiger partial charge in [0.1, 0.15) is 11.5 Å². The number of phenols is 1. The van der Waals surface area contributed by atoms with E-state index in [1.807, 2.05) is 30.3 Å². The summed E-state index contributed by atoms with van der Waals surface area (Å²) in [6.07, 6.45) is 1.43. The van der Waals surface area contributed by atoms with Crippen molar-refractivity contribution in [3.8, 4) is 11.5 Å². The topological polar surface area (TPSA) is 88.0 Å². The molecule has 0 aliphatic carbocycles. The number of phenolic OH excluding ortho intramolecular Hbond substituents is 1. The number of ether oxygens (including phenoxy) is 1. The second-order valence-electron chi connectivity index (χ2n) is 6.81. The first-order chi connectivity index (χ1) is 15.5. The van der Waals surface area contributed by atoms with Gasteiger partial charge >= 0.3 is 5.97 Å². The molecular weight excluding hydrogens is 428 g/mol. The van der Waals surface area contributed by atoms with Gasteiger partial charge in [0.15, 0.2) is 0 Å². The number of nitrogens with zero attached hydrogens (tertiary/aromatic N) is 1. The average molecular weight is 445 g/mol. The average Bonchev–Trinajstić information content (AvgIpc) is 2.80. The third-order valence-corrected chi connectivity index (χ3v) is 5.05. The Labute approximate surface area is 188 Å². The van der Waals surface area contributed by atoms with Crippen molar-refractivity contribution >= 4 is 40.5 Å². The van der Waals surface area contributed by atoms with Crippen LogP contribution in [0.2, 0.25) is 5.02 Å². The van der Waals surface area contributed by atoms with Crippen LogP contribution in [0.25, 0.3) is 10.8 Å². The third kappa shape index (κ3) is 4.61. The molecule has 4 rings (SSSR count). The Bertz CT molecular complexity index is 1330. The predicted octanol–water partition coefficient (Wildman–Crippen LogP) is 5.18. The van der Waals surface area contributed by atoms with Crippen LogP contribution in [0.4, 0.5) is 0 Å². The van der Waals surface area contributed by atoms with Gasteiger partial charge in [-0.3, -0.25) is 4.79 Å². The maximum absolute atomic E-state index is 12.7. The van der Waals surface area contributed by atoms with Crippen molar-refractivity contribution in [1.82, 2.24) is 5.43 Å². The summed E-state index contributed by atoms with van der Waals surface area (Å²) in [4.78, 5) is 25.0. The Morgan fingerprint density at radius 2 is 1.62 bits per heavy atom. The lowest BCUT2D eigenvalue weighted by Crippen LogP contribution is -2.17. The zero-order valence-corrected chi connectivity index (χ0v) is 17.4. The van der Waals surface area contributed by atoms with Crippen LogP contribution in [0.1, 0.15) is 26.3 Å². The third-order valence-electron chi connectivity index (χ3n) is 4.72. The van der Waals surface area contributed by atoms with Crippen LogP contribution in [-0.2, 0) is 0 Å². The quantitative estimate of drug-likeness (QED) is 0.192. The van der Waals surface area contributed by atoms with Crippen molar-refractivity contribution in [3.05, 3.63) is 107 Å². The van der Waals surface area contributed by atoms with Gasteiger partial charge in [-0.25, -0.2) is 10.2 Å². The van der Waals surface area contributed by atoms with E-state index in [4.69, 9.17) is 16.3 Å². The van der Waals surface area contributed by atoms with E-state index in [-0.39, 0.29) is 22.1 Å². The van der Waals surface area contributed by atoms with Gasteiger partial charge in [-0.05, 0) is 53.2 Å². The number of hydrogen-bond donors (Lipinski definition) is 2. The smallest absolute Gasteiger partial charge is 0.345 e. The van der Waals surface area contributed by atoms with Crippen molar-refractivity contribution in [2.75, 3.05) is 0 Å². The molecule has 0 unspecified atom stereocenters. The number of fused-ring (bicyclic) bond motifs is 1. The number of carbonyl (C=O) groups is 2. The molecule has 0 saturated heterocycles. The number of nitrogens with one attached hydrogen (secondary N) is 1. The Hall–Kier alpha value is -4.16. The second kappa shape index (κ2) is 9.32. The first-order valence-corrected chi connectivity index (χ1v) is 10.0. The minimum absolute atomic E-state index is 0.0609. The lowest BCUT2D eigenvalue weighted by molar-refractivity contribution is 0.0734. The van der Waals surface area contributed by atoms with Gasteiger partial charge in [0.25, 0.3) is 5.91 Å². The number of rotatable bonds is 5. The molecule has 6 nitrogen and oxygen atoms in total. The largest absolute Gasteiger partial charge is 0.508 e. The molecule has 0 fully saturated rings. The lowest BCUT2D eigenvalue weighted by Gasteiger charge is -2.11. The summed E-state index contributed by atoms with van der Waals surface area (Å²) in [6, 6.07) is 23.4. The molecular formula is C25H17ClN2O4. The minimum Gasteiger partial charge on any atom is -0.508 e. The number of halogens is 1. The molecule has 0 bridgehead atoms. The zero-order chi connectivity index (χ0) is 22.5. The van der Waals surface area contributed by atoms with Gasteiger partial charge in [-0.15, -0.1) is 0 Å². The summed E-state index contributed by atoms with van der Waals surface area (Å²) in [7, 11) is 0. The summed E-state index contributed by atoms with van der Waals surface area (Å²) >= 11 is 6.12. The van der Waals surface area contributed by atoms with Gasteiger partial charge in [-0.1, -0.05) is 54.1 Å². The van der Waals surface area contributed by atoms with Gasteiger partial charge in [0, 0.05) is 11.1 Å². The van der Waals surface area contributed by atoms with Gasteiger partial charge in [0.05, 0.1) is 16.8 Å². The van der Waals surface area contributed by atoms with Gasteiger partial charge < -0.3 is 9.84 Å². The van der Waals surface area contributed by atoms with E-state index in [0.717, 1.165) is 10.8 Å². The van der Waals surface area contributed by atoms with Crippen molar-refractivity contribution < 1.29 is 19.4 Å². The molecule has 158 valence electrons. The van der Waals surface area contributed by atoms with Crippen LogP contribution in [0, 0.1) is 0 Å². The van der Waals surface area contributed by atoms with E-state index >= 15 is 0 Å². The fraction of sp³-hybridized carbons (Fsp3) is 0. The zero-order valence-electron chi connectivity index (χ0n) is 16.7. The number of aromatic hydroxyl groups is 1. The fourth-order valence-electron chi connectivity index (χ4n) is 3.11. The van der Waals surface area contributed by atoms with Crippen molar-refractivity contribution in [2.24, 2.45) is 5.10 Å². The lowest BCUT2D eigenvalue weighted by atomic mass is 10.0. The maximum Gasteiger partial charge on any atom is 0.345 e. The van der Waals surface area contributed by atoms with Crippen molar-refractivity contribution in [2.45, 2.75) is 0 Å². The molecule has 0 saturated carbocycles. The van der Waals surface area contributed by atoms with E-state index in [9.17, 15) is 14.7 Å². The molecule has 0 radical (unpaired) electrons. The molecule has 7 heteroatoms. The Morgan fingerprint density at radius 3 is 2.41 bits per heavy atom. The highest BCUT2D eigenvalue weighted by Gasteiger charge is 2.16. The van der Waals surface area contributed by atoms with Gasteiger partial charge in [0.2, 0.25) is 0 Å². The van der Waals surface area contributed by atoms with Gasteiger partial charge in [-0.2, -0.15) is 5.10 Å². The molecule has 2 N–H and O–H groups in total. The van der Waals surface area contributed by atoms with Crippen LogP contribution in [0.15, 0.2) is 90.0 Å². The molecule has 0 aliphatic heterocycles. The summed E-state index contributed by atoms with van der Waals surface area (Å²) < 4.78 is 5.62. The Morgan fingerprint density at radius 1 is 0.906 bits per heavy atom. The number of hydrogen-bond acceptors (Lipinski definition) is 5. The van der Waals surface area contributed by atoms with Crippen molar-refractivity contribution in [3.63, 3.8) is 0 Å². The summed E-state index contributed by atoms with van der Waals surface area (Å²) in [5.74, 6) is -0.716. The summed E-state index contributed by atoms with van der Waals surface area (Å²) in [5.41, 5.74) is 3.54. The van der Waals surface area contributed by atoms with Crippen LogP contribution in [0.5, 0.6) is 11.5 Å². The predicted molar refractivity (Wildman–Crippen MR) is 124 cm³/mol. The molecule has 0 atom stereocenters. The van der Waals surface area contributed by atoms with E-state index in [2.05, 4.69) is 10.5 Å². The van der Waals surface area contributed by atoms with Crippen LogP contribution >= 0.6 is 11.6 Å². The molecule has 1 amide bonds. The van der Waals surface area contributed by atoms with Crippen molar-refractivity contribution in [1.29, 1.82) is 0 Å². The highest BCUT2D eigenvalue weighted by atomic mass is 35.5. The molecule has 4 aromatic rings. The number of esters is 1. The summed E-state index contributed by atoms with van der Waals surface area (Å²) in [5, 5.41) is 15.4. The molecule has 0 aromatic heterocycles. The highest BCUT2D eigenvalue weighted by Crippen LogP contribution is 2.28. The second-order valence-corrected chi connectivity index (χ2v) is 7.22. The molecule has 32 heavy (non-hydrogen) atoms.